The standard InChI is InChI=1S/C12H16N2/c1-9(2)13-14-11(4)12-7-5-10(3)6-8-12/h5-8H,1-4H3. The van der Waals surface area contributed by atoms with Crippen LogP contribution in [0.2, 0.25) is 0 Å². The molecule has 2 nitrogen and oxygen atoms in total. The van der Waals surface area contributed by atoms with E-state index in [-0.39, 0.29) is 0 Å². The largest absolute Gasteiger partial charge is 0.160 e. The van der Waals surface area contributed by atoms with Gasteiger partial charge in [-0.05, 0) is 33.3 Å². The van der Waals surface area contributed by atoms with Gasteiger partial charge in [0.05, 0.1) is 5.71 Å². The van der Waals surface area contributed by atoms with E-state index in [9.17, 15) is 0 Å². The molecule has 0 spiro atoms. The van der Waals surface area contributed by atoms with E-state index in [4.69, 9.17) is 0 Å². The van der Waals surface area contributed by atoms with E-state index < -0.39 is 0 Å². The molecule has 0 saturated carbocycles. The summed E-state index contributed by atoms with van der Waals surface area (Å²) in [5.41, 5.74) is 4.31. The zero-order chi connectivity index (χ0) is 10.6. The van der Waals surface area contributed by atoms with Crippen molar-refractivity contribution in [3.8, 4) is 0 Å². The van der Waals surface area contributed by atoms with Gasteiger partial charge in [0.1, 0.15) is 0 Å². The Balaban J connectivity index is 2.89. The second-order valence-electron chi connectivity index (χ2n) is 3.60. The Hall–Kier alpha value is -1.44. The van der Waals surface area contributed by atoms with Gasteiger partial charge in [-0.3, -0.25) is 0 Å². The van der Waals surface area contributed by atoms with Crippen molar-refractivity contribution in [1.82, 2.24) is 0 Å². The highest BCUT2D eigenvalue weighted by Gasteiger charge is 1.95. The zero-order valence-corrected chi connectivity index (χ0v) is 9.20. The van der Waals surface area contributed by atoms with Crippen molar-refractivity contribution in [1.29, 1.82) is 0 Å². The molecule has 2 heteroatoms. The van der Waals surface area contributed by atoms with Crippen LogP contribution < -0.4 is 0 Å². The van der Waals surface area contributed by atoms with Gasteiger partial charge in [-0.15, -0.1) is 0 Å². The lowest BCUT2D eigenvalue weighted by Gasteiger charge is -1.99. The SMILES string of the molecule is CC(C)=NN=C(C)c1ccc(C)cc1. The Labute approximate surface area is 85.4 Å². The summed E-state index contributed by atoms with van der Waals surface area (Å²) in [6, 6.07) is 8.29. The summed E-state index contributed by atoms with van der Waals surface area (Å²) < 4.78 is 0. The molecule has 0 aliphatic rings. The molecule has 0 radical (unpaired) electrons. The van der Waals surface area contributed by atoms with Gasteiger partial charge in [0, 0.05) is 5.71 Å². The molecule has 0 bridgehead atoms. The van der Waals surface area contributed by atoms with Crippen LogP contribution >= 0.6 is 0 Å². The number of nitrogens with zero attached hydrogens (tertiary/aromatic N) is 2. The van der Waals surface area contributed by atoms with Crippen molar-refractivity contribution in [2.75, 3.05) is 0 Å². The molecule has 1 aromatic carbocycles. The van der Waals surface area contributed by atoms with Crippen LogP contribution in [0.15, 0.2) is 34.5 Å². The molecule has 0 aromatic heterocycles. The summed E-state index contributed by atoms with van der Waals surface area (Å²) in [7, 11) is 0. The van der Waals surface area contributed by atoms with E-state index >= 15 is 0 Å². The molecule has 0 amide bonds. The molecule has 0 atom stereocenters. The van der Waals surface area contributed by atoms with Gasteiger partial charge in [0.25, 0.3) is 0 Å². The Morgan fingerprint density at radius 1 is 0.929 bits per heavy atom. The first-order valence-electron chi connectivity index (χ1n) is 4.72. The van der Waals surface area contributed by atoms with Crippen molar-refractivity contribution in [3.63, 3.8) is 0 Å². The molecule has 0 heterocycles. The first-order chi connectivity index (χ1) is 6.59. The van der Waals surface area contributed by atoms with Crippen molar-refractivity contribution < 1.29 is 0 Å². The van der Waals surface area contributed by atoms with Gasteiger partial charge in [-0.2, -0.15) is 10.2 Å². The third kappa shape index (κ3) is 3.13. The van der Waals surface area contributed by atoms with Gasteiger partial charge < -0.3 is 0 Å². The summed E-state index contributed by atoms with van der Waals surface area (Å²) in [6.45, 7) is 7.92. The lowest BCUT2D eigenvalue weighted by Crippen LogP contribution is -1.93. The maximum Gasteiger partial charge on any atom is 0.0671 e. The highest BCUT2D eigenvalue weighted by molar-refractivity contribution is 5.99. The monoisotopic (exact) mass is 188 g/mol. The number of aryl methyl sites for hydroxylation is 1. The molecular formula is C12H16N2. The second kappa shape index (κ2) is 4.70. The van der Waals surface area contributed by atoms with E-state index in [0.29, 0.717) is 0 Å². The first kappa shape index (κ1) is 10.6. The molecule has 1 rings (SSSR count). The summed E-state index contributed by atoms with van der Waals surface area (Å²) >= 11 is 0. The maximum absolute atomic E-state index is 4.13. The maximum atomic E-state index is 4.13. The summed E-state index contributed by atoms with van der Waals surface area (Å²) in [5, 5.41) is 8.16. The van der Waals surface area contributed by atoms with Crippen molar-refractivity contribution in [2.45, 2.75) is 27.7 Å². The minimum atomic E-state index is 0.950. The number of benzene rings is 1. The number of hydrogen-bond donors (Lipinski definition) is 0. The zero-order valence-electron chi connectivity index (χ0n) is 9.20. The van der Waals surface area contributed by atoms with Crippen LogP contribution in [0.3, 0.4) is 0 Å². The van der Waals surface area contributed by atoms with Crippen LogP contribution in [0.1, 0.15) is 31.9 Å². The molecular weight excluding hydrogens is 172 g/mol. The Bertz CT molecular complexity index is 354. The molecule has 1 aromatic rings. The van der Waals surface area contributed by atoms with E-state index in [1.165, 1.54) is 5.56 Å². The highest BCUT2D eigenvalue weighted by atomic mass is 15.2. The third-order valence-corrected chi connectivity index (χ3v) is 1.87. The van der Waals surface area contributed by atoms with Gasteiger partial charge in [-0.25, -0.2) is 0 Å². The molecule has 0 aliphatic heterocycles. The fourth-order valence-electron chi connectivity index (χ4n) is 1.03. The van der Waals surface area contributed by atoms with Gasteiger partial charge in [-0.1, -0.05) is 29.8 Å². The topological polar surface area (TPSA) is 24.7 Å². The fourth-order valence-corrected chi connectivity index (χ4v) is 1.03. The van der Waals surface area contributed by atoms with E-state index in [1.807, 2.05) is 20.8 Å². The quantitative estimate of drug-likeness (QED) is 0.503. The Morgan fingerprint density at radius 3 is 2.00 bits per heavy atom. The lowest BCUT2D eigenvalue weighted by atomic mass is 10.1. The van der Waals surface area contributed by atoms with E-state index in [0.717, 1.165) is 17.0 Å². The minimum absolute atomic E-state index is 0.950. The van der Waals surface area contributed by atoms with Crippen LogP contribution in [0.5, 0.6) is 0 Å². The molecule has 0 saturated heterocycles. The van der Waals surface area contributed by atoms with Gasteiger partial charge in [0.2, 0.25) is 0 Å². The number of hydrogen-bond acceptors (Lipinski definition) is 2. The summed E-state index contributed by atoms with van der Waals surface area (Å²) in [5.74, 6) is 0. The average molecular weight is 188 g/mol. The van der Waals surface area contributed by atoms with Crippen LogP contribution in [0, 0.1) is 6.92 Å². The normalized spacial score (nSPS) is 11.3. The fraction of sp³-hybridized carbons (Fsp3) is 0.333. The molecule has 0 unspecified atom stereocenters. The van der Waals surface area contributed by atoms with Crippen molar-refractivity contribution >= 4 is 11.4 Å². The first-order valence-corrected chi connectivity index (χ1v) is 4.72. The second-order valence-corrected chi connectivity index (χ2v) is 3.60. The third-order valence-electron chi connectivity index (χ3n) is 1.87. The van der Waals surface area contributed by atoms with Gasteiger partial charge >= 0.3 is 0 Å². The highest BCUT2D eigenvalue weighted by Crippen LogP contribution is 2.04. The molecule has 0 fully saturated rings. The van der Waals surface area contributed by atoms with Crippen molar-refractivity contribution in [3.05, 3.63) is 35.4 Å². The van der Waals surface area contributed by atoms with Crippen LogP contribution in [0.25, 0.3) is 0 Å². The van der Waals surface area contributed by atoms with Crippen LogP contribution in [-0.4, -0.2) is 11.4 Å². The summed E-state index contributed by atoms with van der Waals surface area (Å²) in [4.78, 5) is 0. The van der Waals surface area contributed by atoms with Crippen molar-refractivity contribution in [2.24, 2.45) is 10.2 Å². The van der Waals surface area contributed by atoms with Crippen LogP contribution in [-0.2, 0) is 0 Å². The summed E-state index contributed by atoms with van der Waals surface area (Å²) in [6.07, 6.45) is 0. The van der Waals surface area contributed by atoms with E-state index in [1.54, 1.807) is 0 Å². The molecule has 0 aliphatic carbocycles. The molecule has 0 N–H and O–H groups in total. The molecule has 14 heavy (non-hydrogen) atoms. The van der Waals surface area contributed by atoms with Gasteiger partial charge in [0.15, 0.2) is 0 Å². The predicted octanol–water partition coefficient (Wildman–Crippen LogP) is 3.20. The lowest BCUT2D eigenvalue weighted by molar-refractivity contribution is 1.21. The smallest absolute Gasteiger partial charge is 0.0671 e. The molecule has 74 valence electrons. The number of rotatable bonds is 2. The Morgan fingerprint density at radius 2 is 1.50 bits per heavy atom. The minimum Gasteiger partial charge on any atom is -0.160 e. The Kier molecular flexibility index (Phi) is 3.57. The average Bonchev–Trinajstić information content (AvgIpc) is 2.15. The van der Waals surface area contributed by atoms with Crippen LogP contribution in [0.4, 0.5) is 0 Å². The van der Waals surface area contributed by atoms with E-state index in [2.05, 4.69) is 41.4 Å². The predicted molar refractivity (Wildman–Crippen MR) is 62.2 cm³/mol.